The lowest BCUT2D eigenvalue weighted by atomic mass is 10.2. The van der Waals surface area contributed by atoms with E-state index < -0.39 is 8.07 Å². The van der Waals surface area contributed by atoms with Gasteiger partial charge in [0.25, 0.3) is 5.56 Å². The number of fused-ring (bicyclic) bond motifs is 1. The Hall–Kier alpha value is -1.07. The second-order valence-electron chi connectivity index (χ2n) is 5.81. The Morgan fingerprint density at radius 1 is 1.26 bits per heavy atom. The largest absolute Gasteiger partial charge is 0.287 e. The van der Waals surface area contributed by atoms with E-state index in [1.54, 1.807) is 16.3 Å². The molecule has 1 aromatic heterocycles. The Bertz CT molecular complexity index is 646. The fourth-order valence-corrected chi connectivity index (χ4v) is 4.60. The number of hydrogen-bond acceptors (Lipinski definition) is 3. The summed E-state index contributed by atoms with van der Waals surface area (Å²) in [5, 5.41) is 2.65. The van der Waals surface area contributed by atoms with E-state index in [4.69, 9.17) is 0 Å². The van der Waals surface area contributed by atoms with Gasteiger partial charge in [0.2, 0.25) is 0 Å². The van der Waals surface area contributed by atoms with Crippen molar-refractivity contribution in [3.8, 4) is 0 Å². The molecule has 0 spiro atoms. The third kappa shape index (κ3) is 3.28. The molecule has 0 aliphatic rings. The van der Waals surface area contributed by atoms with Gasteiger partial charge in [0, 0.05) is 6.54 Å². The van der Waals surface area contributed by atoms with Crippen LogP contribution in [-0.2, 0) is 6.54 Å². The zero-order valence-electron chi connectivity index (χ0n) is 11.9. The Labute approximate surface area is 119 Å². The number of benzene rings is 1. The third-order valence-corrected chi connectivity index (χ3v) is 7.39. The molecule has 2 rings (SSSR count). The highest BCUT2D eigenvalue weighted by molar-refractivity contribution is 8.00. The predicted octanol–water partition coefficient (Wildman–Crippen LogP) is 3.39. The Kier molecular flexibility index (Phi) is 4.15. The van der Waals surface area contributed by atoms with E-state index in [1.165, 1.54) is 0 Å². The molecule has 0 amide bonds. The van der Waals surface area contributed by atoms with Gasteiger partial charge < -0.3 is 0 Å². The summed E-state index contributed by atoms with van der Waals surface area (Å²) in [5.41, 5.74) is 0.876. The number of nitrogens with zero attached hydrogens (tertiary/aromatic N) is 2. The summed E-state index contributed by atoms with van der Waals surface area (Å²) >= 11 is 1.72. The second kappa shape index (κ2) is 5.51. The van der Waals surface area contributed by atoms with E-state index in [2.05, 4.69) is 24.6 Å². The number of hydrogen-bond donors (Lipinski definition) is 0. The lowest BCUT2D eigenvalue weighted by Crippen LogP contribution is -2.27. The molecule has 0 aliphatic carbocycles. The van der Waals surface area contributed by atoms with Crippen molar-refractivity contribution in [2.45, 2.75) is 38.3 Å². The van der Waals surface area contributed by atoms with E-state index in [0.717, 1.165) is 16.0 Å². The average molecular weight is 292 g/mol. The minimum Gasteiger partial charge on any atom is -0.287 e. The summed E-state index contributed by atoms with van der Waals surface area (Å²) in [5.74, 6) is 0. The first-order chi connectivity index (χ1) is 8.92. The predicted molar refractivity (Wildman–Crippen MR) is 85.7 cm³/mol. The zero-order valence-corrected chi connectivity index (χ0v) is 13.8. The topological polar surface area (TPSA) is 34.9 Å². The number of aromatic nitrogens is 2. The van der Waals surface area contributed by atoms with E-state index in [1.807, 2.05) is 31.2 Å². The smallest absolute Gasteiger partial charge is 0.262 e. The van der Waals surface area contributed by atoms with Gasteiger partial charge in [0.15, 0.2) is 5.16 Å². The van der Waals surface area contributed by atoms with Crippen LogP contribution in [0.3, 0.4) is 0 Å². The maximum atomic E-state index is 12.4. The Morgan fingerprint density at radius 2 is 1.95 bits per heavy atom. The van der Waals surface area contributed by atoms with Crippen LogP contribution in [0, 0.1) is 0 Å². The monoisotopic (exact) mass is 292 g/mol. The van der Waals surface area contributed by atoms with E-state index >= 15 is 0 Å². The molecule has 0 fully saturated rings. The maximum Gasteiger partial charge on any atom is 0.262 e. The minimum atomic E-state index is -1.15. The molecule has 5 heteroatoms. The molecule has 0 N–H and O–H groups in total. The summed E-state index contributed by atoms with van der Waals surface area (Å²) in [6.07, 6.45) is 0. The first-order valence-electron chi connectivity index (χ1n) is 6.55. The molecule has 1 heterocycles. The van der Waals surface area contributed by atoms with Crippen LogP contribution in [-0.4, -0.2) is 23.0 Å². The minimum absolute atomic E-state index is 0.0752. The molecule has 0 aliphatic heterocycles. The van der Waals surface area contributed by atoms with E-state index in [-0.39, 0.29) is 5.56 Å². The normalized spacial score (nSPS) is 12.0. The van der Waals surface area contributed by atoms with Crippen molar-refractivity contribution in [1.29, 1.82) is 0 Å². The molecule has 0 saturated heterocycles. The first kappa shape index (κ1) is 14.3. The van der Waals surface area contributed by atoms with Crippen molar-refractivity contribution in [2.24, 2.45) is 0 Å². The van der Waals surface area contributed by atoms with Gasteiger partial charge in [-0.05, 0) is 24.4 Å². The lowest BCUT2D eigenvalue weighted by molar-refractivity contribution is 0.635. The van der Waals surface area contributed by atoms with E-state index in [0.29, 0.717) is 11.9 Å². The first-order valence-corrected chi connectivity index (χ1v) is 11.2. The molecule has 2 aromatic rings. The van der Waals surface area contributed by atoms with Crippen molar-refractivity contribution in [2.75, 3.05) is 5.38 Å². The summed E-state index contributed by atoms with van der Waals surface area (Å²) in [6.45, 7) is 9.65. The van der Waals surface area contributed by atoms with Crippen molar-refractivity contribution >= 4 is 30.7 Å². The standard InChI is InChI=1S/C14H20N2OSSi/c1-5-16-13(17)11-8-6-7-9-12(11)15-14(16)18-10-19(2,3)4/h6-9H,5,10H2,1-4H3. The molecule has 3 nitrogen and oxygen atoms in total. The molecule has 0 radical (unpaired) electrons. The maximum absolute atomic E-state index is 12.4. The van der Waals surface area contributed by atoms with Gasteiger partial charge in [-0.3, -0.25) is 9.36 Å². The molecular formula is C14H20N2OSSi. The molecule has 102 valence electrons. The van der Waals surface area contributed by atoms with Crippen molar-refractivity contribution in [1.82, 2.24) is 9.55 Å². The fourth-order valence-electron chi connectivity index (χ4n) is 1.82. The summed E-state index contributed by atoms with van der Waals surface area (Å²) in [6, 6.07) is 7.58. The molecule has 0 bridgehead atoms. The third-order valence-electron chi connectivity index (χ3n) is 2.78. The van der Waals surface area contributed by atoms with Gasteiger partial charge in [-0.2, -0.15) is 0 Å². The van der Waals surface area contributed by atoms with Gasteiger partial charge in [0.05, 0.1) is 19.0 Å². The van der Waals surface area contributed by atoms with Gasteiger partial charge in [0.1, 0.15) is 0 Å². The SMILES string of the molecule is CCn1c(SC[Si](C)(C)C)nc2ccccc2c1=O. The van der Waals surface area contributed by atoms with Crippen LogP contribution in [0.2, 0.25) is 19.6 Å². The van der Waals surface area contributed by atoms with Crippen LogP contribution in [0.5, 0.6) is 0 Å². The number of rotatable bonds is 4. The highest BCUT2D eigenvalue weighted by Gasteiger charge is 2.16. The molecule has 1 aromatic carbocycles. The van der Waals surface area contributed by atoms with Crippen LogP contribution in [0.15, 0.2) is 34.2 Å². The Morgan fingerprint density at radius 3 is 2.58 bits per heavy atom. The molecule has 0 unspecified atom stereocenters. The van der Waals surface area contributed by atoms with Crippen molar-refractivity contribution in [3.63, 3.8) is 0 Å². The summed E-state index contributed by atoms with van der Waals surface area (Å²) < 4.78 is 1.78. The van der Waals surface area contributed by atoms with E-state index in [9.17, 15) is 4.79 Å². The molecule has 19 heavy (non-hydrogen) atoms. The highest BCUT2D eigenvalue weighted by atomic mass is 32.2. The highest BCUT2D eigenvalue weighted by Crippen LogP contribution is 2.21. The Balaban J connectivity index is 2.51. The number of para-hydroxylation sites is 1. The lowest BCUT2D eigenvalue weighted by Gasteiger charge is -2.17. The van der Waals surface area contributed by atoms with Crippen LogP contribution < -0.4 is 5.56 Å². The quantitative estimate of drug-likeness (QED) is 0.492. The fraction of sp³-hybridized carbons (Fsp3) is 0.429. The number of thioether (sulfide) groups is 1. The van der Waals surface area contributed by atoms with Gasteiger partial charge in [-0.25, -0.2) is 4.98 Å². The zero-order chi connectivity index (χ0) is 14.0. The molecular weight excluding hydrogens is 272 g/mol. The second-order valence-corrected chi connectivity index (χ2v) is 12.7. The van der Waals surface area contributed by atoms with Crippen LogP contribution in [0.1, 0.15) is 6.92 Å². The summed E-state index contributed by atoms with van der Waals surface area (Å²) in [4.78, 5) is 17.1. The van der Waals surface area contributed by atoms with Crippen LogP contribution in [0.4, 0.5) is 0 Å². The average Bonchev–Trinajstić information content (AvgIpc) is 2.36. The molecule has 0 atom stereocenters. The van der Waals surface area contributed by atoms with Crippen LogP contribution >= 0.6 is 11.8 Å². The van der Waals surface area contributed by atoms with Crippen molar-refractivity contribution < 1.29 is 0 Å². The van der Waals surface area contributed by atoms with Gasteiger partial charge in [-0.1, -0.05) is 43.5 Å². The van der Waals surface area contributed by atoms with Gasteiger partial charge >= 0.3 is 0 Å². The summed E-state index contributed by atoms with van der Waals surface area (Å²) in [7, 11) is -1.15. The van der Waals surface area contributed by atoms with Crippen molar-refractivity contribution in [3.05, 3.63) is 34.6 Å². The van der Waals surface area contributed by atoms with Gasteiger partial charge in [-0.15, -0.1) is 0 Å². The molecule has 0 saturated carbocycles. The van der Waals surface area contributed by atoms with Crippen LogP contribution in [0.25, 0.3) is 10.9 Å².